The largest absolute Gasteiger partial charge is 0.424 e. The summed E-state index contributed by atoms with van der Waals surface area (Å²) < 4.78 is 6.31. The maximum atomic E-state index is 12.7. The van der Waals surface area contributed by atoms with Gasteiger partial charge < -0.3 is 19.7 Å². The van der Waals surface area contributed by atoms with Gasteiger partial charge in [0.2, 0.25) is 6.41 Å². The summed E-state index contributed by atoms with van der Waals surface area (Å²) in [7, 11) is -3.24. The Bertz CT molecular complexity index is 1030. The molecular formula is C29H44N4O4Si. The highest BCUT2D eigenvalue weighted by Gasteiger charge is 2.58. The van der Waals surface area contributed by atoms with Gasteiger partial charge in [0.25, 0.3) is 8.32 Å². The molecule has 8 nitrogen and oxygen atoms in total. The van der Waals surface area contributed by atoms with Crippen molar-refractivity contribution in [3.8, 4) is 0 Å². The fourth-order valence-corrected chi connectivity index (χ4v) is 10.3. The topological polar surface area (TPSA) is 122 Å². The van der Waals surface area contributed by atoms with Crippen LogP contribution in [0.2, 0.25) is 5.04 Å². The molecule has 1 fully saturated rings. The standard InChI is InChI=1S/C29H44N4O4Si/c1-6-23(29(5)26(22(2)34)33(27(35)37-29)20-14-13-19-31-32-30)21-28(3,4)38(36,24-15-9-7-10-16-24)25-17-11-8-12-18-25/h7-12,15-18,22-23,26-27,34-36H,6,13-14,19-21H2,1-5H3/t22-,23+,26-,27?,29-/m1/s1. The molecule has 1 aliphatic rings. The lowest BCUT2D eigenvalue weighted by Crippen LogP contribution is -2.66. The molecule has 5 atom stereocenters. The molecule has 0 bridgehead atoms. The van der Waals surface area contributed by atoms with E-state index in [9.17, 15) is 15.0 Å². The van der Waals surface area contributed by atoms with Crippen molar-refractivity contribution in [1.29, 1.82) is 0 Å². The minimum Gasteiger partial charge on any atom is -0.424 e. The number of ether oxygens (including phenoxy) is 1. The zero-order valence-corrected chi connectivity index (χ0v) is 24.4. The quantitative estimate of drug-likeness (QED) is 0.116. The highest BCUT2D eigenvalue weighted by atomic mass is 28.4. The summed E-state index contributed by atoms with van der Waals surface area (Å²) >= 11 is 0. The Labute approximate surface area is 228 Å². The van der Waals surface area contributed by atoms with Gasteiger partial charge in [-0.15, -0.1) is 0 Å². The molecule has 1 unspecified atom stereocenters. The third-order valence-corrected chi connectivity index (χ3v) is 13.0. The Morgan fingerprint density at radius 1 is 1.11 bits per heavy atom. The molecule has 3 rings (SSSR count). The van der Waals surface area contributed by atoms with Crippen molar-refractivity contribution < 1.29 is 19.7 Å². The van der Waals surface area contributed by atoms with Crippen LogP contribution in [0, 0.1) is 5.92 Å². The number of aliphatic hydroxyl groups is 2. The van der Waals surface area contributed by atoms with Crippen molar-refractivity contribution in [3.05, 3.63) is 71.1 Å². The normalized spacial score (nSPS) is 24.1. The van der Waals surface area contributed by atoms with E-state index in [1.54, 1.807) is 6.92 Å². The van der Waals surface area contributed by atoms with E-state index in [1.165, 1.54) is 0 Å². The third kappa shape index (κ3) is 5.99. The average molecular weight is 541 g/mol. The predicted octanol–water partition coefficient (Wildman–Crippen LogP) is 4.14. The monoisotopic (exact) mass is 540 g/mol. The minimum atomic E-state index is -3.24. The maximum Gasteiger partial charge on any atom is 0.258 e. The van der Waals surface area contributed by atoms with Gasteiger partial charge >= 0.3 is 0 Å². The molecule has 3 N–H and O–H groups in total. The van der Waals surface area contributed by atoms with Crippen molar-refractivity contribution in [2.24, 2.45) is 11.0 Å². The van der Waals surface area contributed by atoms with E-state index in [0.29, 0.717) is 32.4 Å². The van der Waals surface area contributed by atoms with E-state index >= 15 is 0 Å². The number of hydrogen-bond donors (Lipinski definition) is 3. The van der Waals surface area contributed by atoms with Gasteiger partial charge in [-0.25, -0.2) is 4.90 Å². The van der Waals surface area contributed by atoms with E-state index in [0.717, 1.165) is 16.8 Å². The minimum absolute atomic E-state index is 0.0496. The summed E-state index contributed by atoms with van der Waals surface area (Å²) in [6.07, 6.45) is 0.909. The van der Waals surface area contributed by atoms with Gasteiger partial charge in [-0.3, -0.25) is 0 Å². The van der Waals surface area contributed by atoms with E-state index in [1.807, 2.05) is 72.5 Å². The first-order valence-electron chi connectivity index (χ1n) is 13.7. The van der Waals surface area contributed by atoms with Crippen molar-refractivity contribution in [1.82, 2.24) is 4.90 Å². The smallest absolute Gasteiger partial charge is 0.258 e. The van der Waals surface area contributed by atoms with Crippen LogP contribution in [0.3, 0.4) is 0 Å². The summed E-state index contributed by atoms with van der Waals surface area (Å²) in [6, 6.07) is 19.5. The van der Waals surface area contributed by atoms with Crippen molar-refractivity contribution in [2.75, 3.05) is 13.1 Å². The van der Waals surface area contributed by atoms with Gasteiger partial charge in [0, 0.05) is 18.0 Å². The maximum absolute atomic E-state index is 12.7. The summed E-state index contributed by atoms with van der Waals surface area (Å²) in [4.78, 5) is 17.3. The zero-order chi connectivity index (χ0) is 28.0. The fourth-order valence-electron chi connectivity index (χ4n) is 6.52. The van der Waals surface area contributed by atoms with Gasteiger partial charge in [-0.05, 0) is 60.0 Å². The van der Waals surface area contributed by atoms with Gasteiger partial charge in [-0.2, -0.15) is 0 Å². The number of hydrogen-bond acceptors (Lipinski definition) is 6. The first-order chi connectivity index (χ1) is 18.0. The SMILES string of the molecule is CC[C@@H](CC(C)(C)[Si](O)(c1ccccc1)c1ccccc1)[C@@]1(C)OC(O)N(CCCCN=[N+]=[N-])[C@@H]1[C@@H](C)O. The molecule has 0 spiro atoms. The second kappa shape index (κ2) is 12.7. The highest BCUT2D eigenvalue weighted by Crippen LogP contribution is 2.49. The molecule has 38 heavy (non-hydrogen) atoms. The zero-order valence-electron chi connectivity index (χ0n) is 23.4. The summed E-state index contributed by atoms with van der Waals surface area (Å²) in [6.45, 7) is 11.0. The summed E-state index contributed by atoms with van der Waals surface area (Å²) in [5.41, 5.74) is 7.69. The third-order valence-electron chi connectivity index (χ3n) is 8.45. The Balaban J connectivity index is 1.95. The van der Waals surface area contributed by atoms with E-state index in [-0.39, 0.29) is 5.92 Å². The molecule has 2 aromatic rings. The van der Waals surface area contributed by atoms with Crippen LogP contribution in [0.4, 0.5) is 0 Å². The number of aliphatic hydroxyl groups excluding tert-OH is 2. The molecule has 208 valence electrons. The second-order valence-electron chi connectivity index (χ2n) is 11.3. The first-order valence-corrected chi connectivity index (χ1v) is 15.6. The van der Waals surface area contributed by atoms with Crippen LogP contribution in [-0.4, -0.2) is 65.5 Å². The van der Waals surface area contributed by atoms with Crippen LogP contribution in [0.15, 0.2) is 65.8 Å². The molecule has 0 amide bonds. The molecule has 1 aliphatic heterocycles. The van der Waals surface area contributed by atoms with Gasteiger partial charge in [0.1, 0.15) is 0 Å². The lowest BCUT2D eigenvalue weighted by atomic mass is 9.75. The molecule has 9 heteroatoms. The summed E-state index contributed by atoms with van der Waals surface area (Å²) in [5.74, 6) is -0.0496. The number of azide groups is 1. The number of benzene rings is 2. The highest BCUT2D eigenvalue weighted by molar-refractivity contribution is 6.98. The molecule has 1 saturated heterocycles. The molecule has 0 aromatic heterocycles. The lowest BCUT2D eigenvalue weighted by Gasteiger charge is -2.47. The first kappa shape index (κ1) is 30.3. The van der Waals surface area contributed by atoms with Crippen LogP contribution in [0.1, 0.15) is 60.3 Å². The molecule has 0 aliphatic carbocycles. The van der Waals surface area contributed by atoms with E-state index in [4.69, 9.17) is 10.3 Å². The van der Waals surface area contributed by atoms with E-state index < -0.39 is 37.5 Å². The van der Waals surface area contributed by atoms with E-state index in [2.05, 4.69) is 30.8 Å². The Morgan fingerprint density at radius 3 is 2.13 bits per heavy atom. The van der Waals surface area contributed by atoms with Crippen molar-refractivity contribution >= 4 is 18.7 Å². The lowest BCUT2D eigenvalue weighted by molar-refractivity contribution is -0.185. The Kier molecular flexibility index (Phi) is 10.2. The van der Waals surface area contributed by atoms with Gasteiger partial charge in [0.15, 0.2) is 0 Å². The van der Waals surface area contributed by atoms with Crippen LogP contribution in [-0.2, 0) is 4.74 Å². The van der Waals surface area contributed by atoms with Crippen molar-refractivity contribution in [3.63, 3.8) is 0 Å². The van der Waals surface area contributed by atoms with Crippen LogP contribution >= 0.6 is 0 Å². The van der Waals surface area contributed by atoms with Gasteiger partial charge in [0.05, 0.1) is 17.7 Å². The van der Waals surface area contributed by atoms with Crippen LogP contribution in [0.25, 0.3) is 10.4 Å². The second-order valence-corrected chi connectivity index (χ2v) is 15.3. The Hall–Kier alpha value is -2.23. The van der Waals surface area contributed by atoms with Crippen LogP contribution < -0.4 is 10.4 Å². The number of rotatable bonds is 13. The molecular weight excluding hydrogens is 496 g/mol. The van der Waals surface area contributed by atoms with Crippen LogP contribution in [0.5, 0.6) is 0 Å². The van der Waals surface area contributed by atoms with Crippen molar-refractivity contribution in [2.45, 2.75) is 89.5 Å². The number of unbranched alkanes of at least 4 members (excludes halogenated alkanes) is 1. The average Bonchev–Trinajstić information content (AvgIpc) is 3.17. The predicted molar refractivity (Wildman–Crippen MR) is 153 cm³/mol. The van der Waals surface area contributed by atoms with Gasteiger partial charge in [-0.1, -0.05) is 93.0 Å². The molecule has 2 aromatic carbocycles. The Morgan fingerprint density at radius 2 is 1.66 bits per heavy atom. The molecule has 0 radical (unpaired) electrons. The molecule has 0 saturated carbocycles. The fraction of sp³-hybridized carbons (Fsp3) is 0.586. The molecule has 1 heterocycles. The number of nitrogens with zero attached hydrogens (tertiary/aromatic N) is 4. The summed E-state index contributed by atoms with van der Waals surface area (Å²) in [5, 5.41) is 26.9.